The first-order valence-electron chi connectivity index (χ1n) is 15.0. The topological polar surface area (TPSA) is 122 Å². The Bertz CT molecular complexity index is 1480. The molecule has 3 aromatic rings. The van der Waals surface area contributed by atoms with Gasteiger partial charge in [-0.15, -0.1) is 0 Å². The lowest BCUT2D eigenvalue weighted by atomic mass is 10.1. The number of nitrogens with zero attached hydrogens (tertiary/aromatic N) is 4. The van der Waals surface area contributed by atoms with Gasteiger partial charge in [0.1, 0.15) is 18.7 Å². The van der Waals surface area contributed by atoms with Crippen molar-refractivity contribution < 1.29 is 19.1 Å². The van der Waals surface area contributed by atoms with Gasteiger partial charge in [-0.3, -0.25) is 14.4 Å². The molecule has 220 valence electrons. The van der Waals surface area contributed by atoms with E-state index in [0.717, 1.165) is 55.1 Å². The van der Waals surface area contributed by atoms with Crippen LogP contribution in [0.4, 0.5) is 0 Å². The van der Waals surface area contributed by atoms with Crippen LogP contribution in [0.15, 0.2) is 54.6 Å². The molecule has 9 nitrogen and oxygen atoms in total. The molecule has 2 aliphatic heterocycles. The summed E-state index contributed by atoms with van der Waals surface area (Å²) in [7, 11) is 0. The van der Waals surface area contributed by atoms with E-state index in [1.807, 2.05) is 53.4 Å². The molecule has 0 aliphatic carbocycles. The highest BCUT2D eigenvalue weighted by Gasteiger charge is 2.40. The highest BCUT2D eigenvalue weighted by molar-refractivity contribution is 5.91. The Morgan fingerprint density at radius 3 is 2.57 bits per heavy atom. The molecule has 0 saturated carbocycles. The minimum absolute atomic E-state index is 0.00160. The number of hydrogen-bond acceptors (Lipinski definition) is 6. The number of nitrogens with two attached hydrogens (primary N) is 1. The zero-order valence-corrected chi connectivity index (χ0v) is 24.2. The summed E-state index contributed by atoms with van der Waals surface area (Å²) in [6.45, 7) is 4.19. The molecular weight excluding hydrogens is 530 g/mol. The highest BCUT2D eigenvalue weighted by Crippen LogP contribution is 2.29. The second kappa shape index (κ2) is 13.2. The Morgan fingerprint density at radius 1 is 1.05 bits per heavy atom. The molecule has 2 aliphatic rings. The van der Waals surface area contributed by atoms with Gasteiger partial charge in [-0.05, 0) is 74.6 Å². The van der Waals surface area contributed by atoms with Gasteiger partial charge in [-0.25, -0.2) is 0 Å². The second-order valence-electron chi connectivity index (χ2n) is 11.3. The summed E-state index contributed by atoms with van der Waals surface area (Å²) >= 11 is 0. The van der Waals surface area contributed by atoms with E-state index < -0.39 is 18.1 Å². The van der Waals surface area contributed by atoms with Crippen LogP contribution in [0.5, 0.6) is 0 Å². The van der Waals surface area contributed by atoms with Gasteiger partial charge in [-0.1, -0.05) is 36.4 Å². The van der Waals surface area contributed by atoms with Crippen LogP contribution in [0.1, 0.15) is 62.3 Å². The quantitative estimate of drug-likeness (QED) is 0.370. The predicted octanol–water partition coefficient (Wildman–Crippen LogP) is 3.91. The van der Waals surface area contributed by atoms with Crippen molar-refractivity contribution in [3.8, 4) is 6.07 Å². The first kappa shape index (κ1) is 29.3. The number of benzene rings is 2. The van der Waals surface area contributed by atoms with E-state index in [9.17, 15) is 19.6 Å². The number of nitriles is 1. The van der Waals surface area contributed by atoms with Crippen molar-refractivity contribution >= 4 is 28.7 Å². The molecule has 3 atom stereocenters. The Labute approximate surface area is 246 Å². The van der Waals surface area contributed by atoms with Gasteiger partial charge in [0.2, 0.25) is 11.8 Å². The predicted molar refractivity (Wildman–Crippen MR) is 159 cm³/mol. The molecule has 1 aromatic heterocycles. The molecule has 3 unspecified atom stereocenters. The van der Waals surface area contributed by atoms with Gasteiger partial charge in [0, 0.05) is 36.9 Å². The largest absolute Gasteiger partial charge is 0.460 e. The fourth-order valence-corrected chi connectivity index (χ4v) is 6.44. The lowest BCUT2D eigenvalue weighted by Crippen LogP contribution is -2.50. The van der Waals surface area contributed by atoms with E-state index in [2.05, 4.69) is 23.6 Å². The summed E-state index contributed by atoms with van der Waals surface area (Å²) < 4.78 is 7.56. The van der Waals surface area contributed by atoms with E-state index in [4.69, 9.17) is 10.5 Å². The van der Waals surface area contributed by atoms with Gasteiger partial charge in [0.15, 0.2) is 0 Å². The van der Waals surface area contributed by atoms with Crippen LogP contribution in [-0.2, 0) is 38.7 Å². The molecule has 0 spiro atoms. The number of fused-ring (bicyclic) bond motifs is 1. The number of aromatic nitrogens is 1. The van der Waals surface area contributed by atoms with Gasteiger partial charge < -0.3 is 24.8 Å². The maximum Gasteiger partial charge on any atom is 0.323 e. The van der Waals surface area contributed by atoms with Crippen molar-refractivity contribution in [3.05, 3.63) is 71.4 Å². The Hall–Kier alpha value is -4.16. The number of carbonyl (C=O) groups excluding carboxylic acids is 3. The number of carbonyl (C=O) groups is 3. The first-order chi connectivity index (χ1) is 20.4. The van der Waals surface area contributed by atoms with Crippen molar-refractivity contribution in [3.63, 3.8) is 0 Å². The Kier molecular flexibility index (Phi) is 9.23. The third-order valence-corrected chi connectivity index (χ3v) is 8.61. The summed E-state index contributed by atoms with van der Waals surface area (Å²) in [6.07, 6.45) is 4.73. The monoisotopic (exact) mass is 569 g/mol. The van der Waals surface area contributed by atoms with Gasteiger partial charge in [0.25, 0.3) is 0 Å². The summed E-state index contributed by atoms with van der Waals surface area (Å²) in [6, 6.07) is 18.0. The van der Waals surface area contributed by atoms with Crippen molar-refractivity contribution in [1.29, 1.82) is 5.26 Å². The first-order valence-corrected chi connectivity index (χ1v) is 15.0. The number of amides is 2. The van der Waals surface area contributed by atoms with Crippen LogP contribution in [0.2, 0.25) is 0 Å². The second-order valence-corrected chi connectivity index (χ2v) is 11.3. The summed E-state index contributed by atoms with van der Waals surface area (Å²) in [5.41, 5.74) is 9.80. The normalized spacial score (nSPS) is 19.2. The van der Waals surface area contributed by atoms with E-state index in [1.54, 1.807) is 4.90 Å². The molecule has 2 aromatic carbocycles. The SMILES string of the molecule is CCn1c(CCC2CCCN2C(=O)C2CCCN2C(=O)CC(N)C(=O)OCc2ccccc2)cc2ccc(C#N)cc21. The van der Waals surface area contributed by atoms with Crippen LogP contribution in [0, 0.1) is 11.3 Å². The Balaban J connectivity index is 1.18. The van der Waals surface area contributed by atoms with E-state index >= 15 is 0 Å². The maximum absolute atomic E-state index is 13.8. The molecule has 0 bridgehead atoms. The number of likely N-dealkylation sites (tertiary alicyclic amines) is 2. The molecule has 2 fully saturated rings. The van der Waals surface area contributed by atoms with Crippen LogP contribution in [-0.4, -0.2) is 63.4 Å². The average Bonchev–Trinajstić information content (AvgIpc) is 3.76. The number of ether oxygens (including phenoxy) is 1. The standard InChI is InChI=1S/C33H39N5O4/c1-2-36-27(19-25-13-12-24(21-34)18-30(25)36)15-14-26-10-6-16-37(26)32(40)29-11-7-17-38(29)31(39)20-28(35)33(41)42-22-23-8-4-3-5-9-23/h3-5,8-9,12-13,18-19,26,28-29H,2,6-7,10-11,14-17,20,22,35H2,1H3. The summed E-state index contributed by atoms with van der Waals surface area (Å²) in [4.78, 5) is 43.0. The number of hydrogen-bond donors (Lipinski definition) is 1. The van der Waals surface area contributed by atoms with Crippen LogP contribution in [0.25, 0.3) is 10.9 Å². The van der Waals surface area contributed by atoms with Crippen molar-refractivity contribution in [2.24, 2.45) is 5.73 Å². The molecule has 2 N–H and O–H groups in total. The highest BCUT2D eigenvalue weighted by atomic mass is 16.5. The van der Waals surface area contributed by atoms with Gasteiger partial charge >= 0.3 is 5.97 Å². The van der Waals surface area contributed by atoms with Crippen molar-refractivity contribution in [2.75, 3.05) is 13.1 Å². The van der Waals surface area contributed by atoms with E-state index in [0.29, 0.717) is 25.1 Å². The fraction of sp³-hybridized carbons (Fsp3) is 0.455. The summed E-state index contributed by atoms with van der Waals surface area (Å²) in [5.74, 6) is -0.907. The van der Waals surface area contributed by atoms with Crippen molar-refractivity contribution in [2.45, 2.75) is 83.1 Å². The van der Waals surface area contributed by atoms with Gasteiger partial charge in [-0.2, -0.15) is 5.26 Å². The number of aryl methyl sites for hydroxylation is 2. The smallest absolute Gasteiger partial charge is 0.323 e. The lowest BCUT2D eigenvalue weighted by molar-refractivity contribution is -0.150. The molecule has 0 radical (unpaired) electrons. The molecule has 5 rings (SSSR count). The van der Waals surface area contributed by atoms with E-state index in [1.165, 1.54) is 5.69 Å². The van der Waals surface area contributed by atoms with Crippen LogP contribution < -0.4 is 5.73 Å². The zero-order chi connectivity index (χ0) is 29.6. The Morgan fingerprint density at radius 2 is 1.81 bits per heavy atom. The summed E-state index contributed by atoms with van der Waals surface area (Å²) in [5, 5.41) is 10.4. The van der Waals surface area contributed by atoms with Crippen LogP contribution >= 0.6 is 0 Å². The minimum Gasteiger partial charge on any atom is -0.460 e. The molecule has 2 saturated heterocycles. The zero-order valence-electron chi connectivity index (χ0n) is 24.2. The number of rotatable bonds is 10. The third kappa shape index (κ3) is 6.34. The molecule has 3 heterocycles. The van der Waals surface area contributed by atoms with Gasteiger partial charge in [0.05, 0.1) is 18.1 Å². The molecular formula is C33H39N5O4. The lowest BCUT2D eigenvalue weighted by Gasteiger charge is -2.32. The fourth-order valence-electron chi connectivity index (χ4n) is 6.44. The van der Waals surface area contributed by atoms with Crippen molar-refractivity contribution in [1.82, 2.24) is 14.4 Å². The number of esters is 1. The average molecular weight is 570 g/mol. The minimum atomic E-state index is -1.08. The molecule has 9 heteroatoms. The van der Waals surface area contributed by atoms with E-state index in [-0.39, 0.29) is 30.9 Å². The molecule has 2 amide bonds. The van der Waals surface area contributed by atoms with Crippen LogP contribution in [0.3, 0.4) is 0 Å². The molecule has 42 heavy (non-hydrogen) atoms. The maximum atomic E-state index is 13.8. The third-order valence-electron chi connectivity index (χ3n) is 8.61.